The van der Waals surface area contributed by atoms with E-state index in [2.05, 4.69) is 10.4 Å². The molecule has 12 nitrogen and oxygen atoms in total. The number of anilines is 1. The maximum Gasteiger partial charge on any atom is 0.308 e. The van der Waals surface area contributed by atoms with Gasteiger partial charge in [-0.15, -0.1) is 5.10 Å². The van der Waals surface area contributed by atoms with E-state index in [1.807, 2.05) is 0 Å². The molecule has 1 heterocycles. The van der Waals surface area contributed by atoms with Crippen molar-refractivity contribution in [3.05, 3.63) is 93.3 Å². The third kappa shape index (κ3) is 5.82. The standard InChI is InChI=1S/C26H21FN4O8/c1-14(32)30-26(17-6-10-19(11-7-17)28-24(34)16-4-8-18(27)9-5-16)39-25(29-30)21-12-20(31(35)36)13-22(37-3)23(21)38-15(2)33/h4-13,26H,1-3H3,(H,28,34). The largest absolute Gasteiger partial charge is 0.493 e. The predicted molar refractivity (Wildman–Crippen MR) is 135 cm³/mol. The molecule has 0 bridgehead atoms. The minimum absolute atomic E-state index is 0.0758. The Balaban J connectivity index is 1.63. The van der Waals surface area contributed by atoms with E-state index in [0.29, 0.717) is 11.3 Å². The predicted octanol–water partition coefficient (Wildman–Crippen LogP) is 4.16. The van der Waals surface area contributed by atoms with Crippen molar-refractivity contribution in [2.75, 3.05) is 12.4 Å². The summed E-state index contributed by atoms with van der Waals surface area (Å²) in [5.74, 6) is -2.64. The van der Waals surface area contributed by atoms with Crippen molar-refractivity contribution in [2.45, 2.75) is 20.1 Å². The minimum atomic E-state index is -1.07. The molecule has 4 rings (SSSR count). The van der Waals surface area contributed by atoms with Crippen LogP contribution in [0.25, 0.3) is 0 Å². The molecule has 1 atom stereocenters. The molecule has 2 amide bonds. The SMILES string of the molecule is COc1cc([N+](=O)[O-])cc(C2=NN(C(C)=O)C(c3ccc(NC(=O)c4ccc(F)cc4)cc3)O2)c1OC(C)=O. The number of ether oxygens (including phenoxy) is 3. The molecule has 39 heavy (non-hydrogen) atoms. The smallest absolute Gasteiger partial charge is 0.308 e. The molecule has 3 aromatic carbocycles. The zero-order chi connectivity index (χ0) is 28.3. The van der Waals surface area contributed by atoms with Crippen LogP contribution in [0.5, 0.6) is 11.5 Å². The minimum Gasteiger partial charge on any atom is -0.493 e. The second-order valence-corrected chi connectivity index (χ2v) is 8.20. The molecular weight excluding hydrogens is 515 g/mol. The maximum atomic E-state index is 13.1. The number of nitro benzene ring substituents is 1. The van der Waals surface area contributed by atoms with Crippen molar-refractivity contribution in [3.63, 3.8) is 0 Å². The fourth-order valence-electron chi connectivity index (χ4n) is 3.68. The lowest BCUT2D eigenvalue weighted by atomic mass is 10.1. The third-order valence-corrected chi connectivity index (χ3v) is 5.47. The van der Waals surface area contributed by atoms with Gasteiger partial charge in [0.25, 0.3) is 11.6 Å². The van der Waals surface area contributed by atoms with Gasteiger partial charge in [-0.1, -0.05) is 12.1 Å². The van der Waals surface area contributed by atoms with Gasteiger partial charge in [0, 0.05) is 36.7 Å². The summed E-state index contributed by atoms with van der Waals surface area (Å²) in [6, 6.07) is 13.5. The Morgan fingerprint density at radius 1 is 1.08 bits per heavy atom. The number of nitrogens with one attached hydrogen (secondary N) is 1. The van der Waals surface area contributed by atoms with Crippen LogP contribution in [0.2, 0.25) is 0 Å². The molecule has 0 saturated heterocycles. The van der Waals surface area contributed by atoms with Gasteiger partial charge in [-0.2, -0.15) is 5.01 Å². The van der Waals surface area contributed by atoms with Gasteiger partial charge in [-0.3, -0.25) is 24.5 Å². The van der Waals surface area contributed by atoms with Crippen LogP contribution in [-0.4, -0.2) is 40.7 Å². The average Bonchev–Trinajstić information content (AvgIpc) is 3.35. The van der Waals surface area contributed by atoms with Gasteiger partial charge in [0.05, 0.1) is 23.7 Å². The number of halogens is 1. The summed E-state index contributed by atoms with van der Waals surface area (Å²) in [6.45, 7) is 2.39. The number of hydrogen-bond donors (Lipinski definition) is 1. The number of nitro groups is 1. The van der Waals surface area contributed by atoms with E-state index in [4.69, 9.17) is 14.2 Å². The Kier molecular flexibility index (Phi) is 7.51. The average molecular weight is 536 g/mol. The Bertz CT molecular complexity index is 1490. The third-order valence-electron chi connectivity index (χ3n) is 5.47. The van der Waals surface area contributed by atoms with E-state index < -0.39 is 34.8 Å². The summed E-state index contributed by atoms with van der Waals surface area (Å²) < 4.78 is 29.5. The first kappa shape index (κ1) is 26.7. The number of hydrazone groups is 1. The molecule has 0 aromatic heterocycles. The van der Waals surface area contributed by atoms with Crippen molar-refractivity contribution >= 4 is 35.1 Å². The molecule has 200 valence electrons. The van der Waals surface area contributed by atoms with E-state index >= 15 is 0 Å². The van der Waals surface area contributed by atoms with Crippen molar-refractivity contribution < 1.29 is 37.9 Å². The summed E-state index contributed by atoms with van der Waals surface area (Å²) in [4.78, 5) is 47.4. The first-order valence-corrected chi connectivity index (χ1v) is 11.3. The molecule has 13 heteroatoms. The fourth-order valence-corrected chi connectivity index (χ4v) is 3.68. The van der Waals surface area contributed by atoms with Gasteiger partial charge in [-0.05, 0) is 36.4 Å². The molecule has 3 aromatic rings. The van der Waals surface area contributed by atoms with E-state index in [0.717, 1.165) is 24.1 Å². The number of rotatable bonds is 7. The van der Waals surface area contributed by atoms with Crippen LogP contribution in [0, 0.1) is 15.9 Å². The first-order valence-electron chi connectivity index (χ1n) is 11.3. The second kappa shape index (κ2) is 11.0. The number of nitrogens with zero attached hydrogens (tertiary/aromatic N) is 3. The lowest BCUT2D eigenvalue weighted by molar-refractivity contribution is -0.385. The van der Waals surface area contributed by atoms with Crippen molar-refractivity contribution in [2.24, 2.45) is 5.10 Å². The van der Waals surface area contributed by atoms with Crippen molar-refractivity contribution in [3.8, 4) is 11.5 Å². The molecule has 1 aliphatic heterocycles. The zero-order valence-electron chi connectivity index (χ0n) is 20.8. The monoisotopic (exact) mass is 536 g/mol. The van der Waals surface area contributed by atoms with Crippen LogP contribution in [0.3, 0.4) is 0 Å². The van der Waals surface area contributed by atoms with Crippen LogP contribution >= 0.6 is 0 Å². The van der Waals surface area contributed by atoms with Gasteiger partial charge in [0.15, 0.2) is 11.5 Å². The van der Waals surface area contributed by atoms with Crippen LogP contribution in [0.1, 0.15) is 41.6 Å². The number of benzene rings is 3. The summed E-state index contributed by atoms with van der Waals surface area (Å²) in [7, 11) is 1.24. The Hall–Kier alpha value is -5.33. The van der Waals surface area contributed by atoms with Gasteiger partial charge < -0.3 is 19.5 Å². The number of non-ortho nitro benzene ring substituents is 1. The van der Waals surface area contributed by atoms with E-state index in [1.54, 1.807) is 24.3 Å². The van der Waals surface area contributed by atoms with Crippen LogP contribution < -0.4 is 14.8 Å². The molecule has 1 aliphatic rings. The van der Waals surface area contributed by atoms with Gasteiger partial charge in [0.1, 0.15) is 5.82 Å². The normalized spacial score (nSPS) is 14.2. The highest BCUT2D eigenvalue weighted by Gasteiger charge is 2.36. The van der Waals surface area contributed by atoms with Gasteiger partial charge in [-0.25, -0.2) is 4.39 Å². The summed E-state index contributed by atoms with van der Waals surface area (Å²) in [5.41, 5.74) is 0.671. The highest BCUT2D eigenvalue weighted by atomic mass is 19.1. The van der Waals surface area contributed by atoms with Crippen molar-refractivity contribution in [1.82, 2.24) is 5.01 Å². The number of esters is 1. The fraction of sp³-hybridized carbons (Fsp3) is 0.154. The summed E-state index contributed by atoms with van der Waals surface area (Å²) in [5, 5.41) is 19.4. The second-order valence-electron chi connectivity index (χ2n) is 8.20. The number of carbonyl (C=O) groups is 3. The topological polar surface area (TPSA) is 150 Å². The Labute approximate surface area is 220 Å². The molecule has 0 radical (unpaired) electrons. The van der Waals surface area contributed by atoms with E-state index in [-0.39, 0.29) is 34.2 Å². The molecule has 1 unspecified atom stereocenters. The lowest BCUT2D eigenvalue weighted by Gasteiger charge is -2.20. The number of amides is 2. The summed E-state index contributed by atoms with van der Waals surface area (Å²) >= 11 is 0. The van der Waals surface area contributed by atoms with Crippen LogP contribution in [0.4, 0.5) is 15.8 Å². The van der Waals surface area contributed by atoms with Gasteiger partial charge in [0.2, 0.25) is 18.0 Å². The molecular formula is C26H21FN4O8. The Morgan fingerprint density at radius 3 is 2.31 bits per heavy atom. The van der Waals surface area contributed by atoms with E-state index in [9.17, 15) is 28.9 Å². The zero-order valence-corrected chi connectivity index (χ0v) is 20.8. The molecule has 0 spiro atoms. The quantitative estimate of drug-likeness (QED) is 0.205. The highest BCUT2D eigenvalue weighted by Crippen LogP contribution is 2.40. The number of carbonyl (C=O) groups excluding carboxylic acids is 3. The summed E-state index contributed by atoms with van der Waals surface area (Å²) in [6.07, 6.45) is -1.07. The van der Waals surface area contributed by atoms with Crippen molar-refractivity contribution in [1.29, 1.82) is 0 Å². The highest BCUT2D eigenvalue weighted by molar-refractivity contribution is 6.04. The maximum absolute atomic E-state index is 13.1. The van der Waals surface area contributed by atoms with Crippen LogP contribution in [-0.2, 0) is 14.3 Å². The van der Waals surface area contributed by atoms with E-state index in [1.165, 1.54) is 38.3 Å². The first-order chi connectivity index (χ1) is 18.6. The number of methoxy groups -OCH3 is 1. The number of hydrogen-bond acceptors (Lipinski definition) is 9. The molecule has 1 N–H and O–H groups in total. The molecule has 0 saturated carbocycles. The lowest BCUT2D eigenvalue weighted by Crippen LogP contribution is -2.25. The molecule has 0 aliphatic carbocycles. The Morgan fingerprint density at radius 2 is 1.74 bits per heavy atom. The van der Waals surface area contributed by atoms with Gasteiger partial charge >= 0.3 is 5.97 Å². The molecule has 0 fully saturated rings. The van der Waals surface area contributed by atoms with Crippen LogP contribution in [0.15, 0.2) is 65.8 Å².